The van der Waals surface area contributed by atoms with Crippen molar-refractivity contribution in [2.75, 3.05) is 5.32 Å². The lowest BCUT2D eigenvalue weighted by Gasteiger charge is -2.11. The van der Waals surface area contributed by atoms with E-state index >= 15 is 0 Å². The fourth-order valence-electron chi connectivity index (χ4n) is 7.45. The van der Waals surface area contributed by atoms with E-state index in [2.05, 4.69) is 178 Å². The van der Waals surface area contributed by atoms with Gasteiger partial charge in [0.2, 0.25) is 0 Å². The monoisotopic (exact) mass is 619 g/mol. The number of thioether (sulfide) groups is 1. The predicted molar refractivity (Wildman–Crippen MR) is 199 cm³/mol. The second-order valence-corrected chi connectivity index (χ2v) is 13.4. The Kier molecular flexibility index (Phi) is 5.87. The molecule has 0 saturated carbocycles. The first kappa shape index (κ1) is 26.5. The summed E-state index contributed by atoms with van der Waals surface area (Å²) in [5, 5.41) is 9.06. The molecule has 0 radical (unpaired) electrons. The molecular weight excluding hydrogens is 591 g/mol. The molecule has 222 valence electrons. The molecule has 1 atom stereocenters. The van der Waals surface area contributed by atoms with Gasteiger partial charge < -0.3 is 14.5 Å². The maximum absolute atomic E-state index is 3.68. The predicted octanol–water partition coefficient (Wildman–Crippen LogP) is 11.8. The van der Waals surface area contributed by atoms with Gasteiger partial charge in [-0.05, 0) is 77.4 Å². The Morgan fingerprint density at radius 1 is 0.447 bits per heavy atom. The molecule has 2 aromatic heterocycles. The van der Waals surface area contributed by atoms with Crippen LogP contribution in [0, 0.1) is 0 Å². The van der Waals surface area contributed by atoms with Crippen molar-refractivity contribution in [3.8, 4) is 22.5 Å². The molecule has 0 spiro atoms. The first-order valence-corrected chi connectivity index (χ1v) is 16.9. The number of nitrogens with zero attached hydrogens (tertiary/aromatic N) is 2. The number of nitrogens with one attached hydrogen (secondary N) is 1. The second-order valence-electron chi connectivity index (χ2n) is 12.2. The van der Waals surface area contributed by atoms with Crippen LogP contribution in [-0.4, -0.2) is 9.13 Å². The third kappa shape index (κ3) is 4.08. The van der Waals surface area contributed by atoms with Crippen molar-refractivity contribution in [1.82, 2.24) is 9.13 Å². The number of hydrogen-bond donors (Lipinski definition) is 1. The lowest BCUT2D eigenvalue weighted by atomic mass is 10.0. The van der Waals surface area contributed by atoms with E-state index in [-0.39, 0.29) is 5.37 Å². The standard InChI is InChI=1S/C43H29N3S/c1-3-11-29(12-4-1)43-44-35-24-21-30(27-40(35)47-43)28-19-22-32(23-20-28)46-37-18-10-8-16-34(37)42-39(46)26-25-38-41(42)33-15-7-9-17-36(33)45(38)31-13-5-2-6-14-31/h1-27,43-44H. The van der Waals surface area contributed by atoms with Gasteiger partial charge in [-0.3, -0.25) is 0 Å². The largest absolute Gasteiger partial charge is 0.368 e. The summed E-state index contributed by atoms with van der Waals surface area (Å²) in [6.07, 6.45) is 0. The molecule has 3 nitrogen and oxygen atoms in total. The number of hydrogen-bond acceptors (Lipinski definition) is 2. The van der Waals surface area contributed by atoms with Crippen LogP contribution in [-0.2, 0) is 0 Å². The average molecular weight is 620 g/mol. The fraction of sp³-hybridized carbons (Fsp3) is 0.0233. The first-order chi connectivity index (χ1) is 23.3. The minimum Gasteiger partial charge on any atom is -0.368 e. The minimum absolute atomic E-state index is 0.243. The second kappa shape index (κ2) is 10.4. The summed E-state index contributed by atoms with van der Waals surface area (Å²) in [7, 11) is 0. The summed E-state index contributed by atoms with van der Waals surface area (Å²) in [6, 6.07) is 59.4. The molecule has 47 heavy (non-hydrogen) atoms. The molecule has 1 aliphatic rings. The van der Waals surface area contributed by atoms with Gasteiger partial charge in [0, 0.05) is 43.5 Å². The van der Waals surface area contributed by atoms with Gasteiger partial charge in [-0.25, -0.2) is 0 Å². The van der Waals surface area contributed by atoms with Crippen molar-refractivity contribution in [2.45, 2.75) is 10.3 Å². The van der Waals surface area contributed by atoms with Crippen LogP contribution in [0.15, 0.2) is 169 Å². The number of anilines is 1. The number of benzene rings is 7. The molecule has 7 aromatic carbocycles. The van der Waals surface area contributed by atoms with Crippen molar-refractivity contribution in [3.63, 3.8) is 0 Å². The summed E-state index contributed by atoms with van der Waals surface area (Å²) < 4.78 is 4.83. The molecule has 0 amide bonds. The smallest absolute Gasteiger partial charge is 0.103 e. The molecule has 4 heteroatoms. The van der Waals surface area contributed by atoms with Crippen LogP contribution >= 0.6 is 11.8 Å². The van der Waals surface area contributed by atoms with Crippen molar-refractivity contribution in [3.05, 3.63) is 169 Å². The molecular formula is C43H29N3S. The Hall–Kier alpha value is -5.71. The minimum atomic E-state index is 0.243. The zero-order valence-electron chi connectivity index (χ0n) is 25.5. The third-order valence-corrected chi connectivity index (χ3v) is 10.8. The van der Waals surface area contributed by atoms with Crippen LogP contribution in [0.5, 0.6) is 0 Å². The molecule has 0 saturated heterocycles. The van der Waals surface area contributed by atoms with Crippen LogP contribution in [0.3, 0.4) is 0 Å². The highest BCUT2D eigenvalue weighted by Crippen LogP contribution is 2.48. The quantitative estimate of drug-likeness (QED) is 0.212. The van der Waals surface area contributed by atoms with Crippen LogP contribution in [0.25, 0.3) is 66.1 Å². The summed E-state index contributed by atoms with van der Waals surface area (Å²) in [5.41, 5.74) is 12.2. The third-order valence-electron chi connectivity index (χ3n) is 9.56. The van der Waals surface area contributed by atoms with Crippen LogP contribution in [0.4, 0.5) is 5.69 Å². The topological polar surface area (TPSA) is 21.9 Å². The molecule has 1 unspecified atom stereocenters. The van der Waals surface area contributed by atoms with Crippen LogP contribution in [0.2, 0.25) is 0 Å². The van der Waals surface area contributed by atoms with Crippen molar-refractivity contribution in [1.29, 1.82) is 0 Å². The van der Waals surface area contributed by atoms with Crippen LogP contribution < -0.4 is 5.32 Å². The van der Waals surface area contributed by atoms with Gasteiger partial charge in [-0.1, -0.05) is 115 Å². The van der Waals surface area contributed by atoms with E-state index in [1.807, 2.05) is 11.8 Å². The molecule has 0 bridgehead atoms. The molecule has 10 rings (SSSR count). The maximum atomic E-state index is 3.68. The van der Waals surface area contributed by atoms with E-state index < -0.39 is 0 Å². The Labute approximate surface area is 276 Å². The van der Waals surface area contributed by atoms with Gasteiger partial charge in [-0.15, -0.1) is 0 Å². The highest BCUT2D eigenvalue weighted by Gasteiger charge is 2.24. The summed E-state index contributed by atoms with van der Waals surface area (Å²) in [4.78, 5) is 1.29. The highest BCUT2D eigenvalue weighted by atomic mass is 32.2. The van der Waals surface area contributed by atoms with Gasteiger partial charge in [0.1, 0.15) is 5.37 Å². The molecule has 1 N–H and O–H groups in total. The van der Waals surface area contributed by atoms with E-state index in [0.29, 0.717) is 0 Å². The number of para-hydroxylation sites is 3. The van der Waals surface area contributed by atoms with Gasteiger partial charge in [-0.2, -0.15) is 0 Å². The SMILES string of the molecule is c1ccc(C2Nc3ccc(-c4ccc(-n5c6ccccc6c6c7c8ccccc8n(-c8ccccc8)c7ccc65)cc4)cc3S2)cc1. The first-order valence-electron chi connectivity index (χ1n) is 16.1. The molecule has 0 fully saturated rings. The fourth-order valence-corrected chi connectivity index (χ4v) is 8.63. The molecule has 9 aromatic rings. The Balaban J connectivity index is 1.10. The number of rotatable bonds is 4. The Bertz CT molecular complexity index is 2620. The number of fused-ring (bicyclic) bond motifs is 8. The summed E-state index contributed by atoms with van der Waals surface area (Å²) in [6.45, 7) is 0. The lowest BCUT2D eigenvalue weighted by Crippen LogP contribution is -2.00. The van der Waals surface area contributed by atoms with Crippen molar-refractivity contribution >= 4 is 61.1 Å². The summed E-state index contributed by atoms with van der Waals surface area (Å²) >= 11 is 1.89. The van der Waals surface area contributed by atoms with E-state index in [0.717, 1.165) is 5.69 Å². The maximum Gasteiger partial charge on any atom is 0.103 e. The van der Waals surface area contributed by atoms with Crippen LogP contribution in [0.1, 0.15) is 10.9 Å². The van der Waals surface area contributed by atoms with E-state index in [4.69, 9.17) is 0 Å². The Morgan fingerprint density at radius 2 is 0.979 bits per heavy atom. The van der Waals surface area contributed by atoms with Crippen molar-refractivity contribution < 1.29 is 0 Å². The summed E-state index contributed by atoms with van der Waals surface area (Å²) in [5.74, 6) is 0. The Morgan fingerprint density at radius 3 is 1.62 bits per heavy atom. The number of aromatic nitrogens is 2. The van der Waals surface area contributed by atoms with Gasteiger partial charge in [0.05, 0.1) is 22.1 Å². The molecule has 0 aliphatic carbocycles. The highest BCUT2D eigenvalue weighted by molar-refractivity contribution is 8.00. The van der Waals surface area contributed by atoms with E-state index in [1.54, 1.807) is 0 Å². The zero-order chi connectivity index (χ0) is 30.9. The van der Waals surface area contributed by atoms with E-state index in [1.165, 1.54) is 76.6 Å². The van der Waals surface area contributed by atoms with E-state index in [9.17, 15) is 0 Å². The lowest BCUT2D eigenvalue weighted by molar-refractivity contribution is 1.13. The zero-order valence-corrected chi connectivity index (χ0v) is 26.3. The molecule has 3 heterocycles. The average Bonchev–Trinajstić information content (AvgIpc) is 3.82. The normalized spacial score (nSPS) is 14.3. The van der Waals surface area contributed by atoms with Crippen molar-refractivity contribution in [2.24, 2.45) is 0 Å². The van der Waals surface area contributed by atoms with Gasteiger partial charge in [0.15, 0.2) is 0 Å². The van der Waals surface area contributed by atoms with Gasteiger partial charge >= 0.3 is 0 Å². The van der Waals surface area contributed by atoms with Gasteiger partial charge in [0.25, 0.3) is 0 Å². The molecule has 1 aliphatic heterocycles.